The van der Waals surface area contributed by atoms with Gasteiger partial charge in [-0.05, 0) is 48.4 Å². The second kappa shape index (κ2) is 5.65. The van der Waals surface area contributed by atoms with Crippen LogP contribution in [0.2, 0.25) is 0 Å². The van der Waals surface area contributed by atoms with Crippen molar-refractivity contribution in [3.8, 4) is 22.6 Å². The minimum absolute atomic E-state index is 0.246. The summed E-state index contributed by atoms with van der Waals surface area (Å²) in [4.78, 5) is 11.1. The minimum atomic E-state index is -0.951. The van der Waals surface area contributed by atoms with Gasteiger partial charge in [0, 0.05) is 5.56 Å². The predicted octanol–water partition coefficient (Wildman–Crippen LogP) is 3.38. The maximum Gasteiger partial charge on any atom is 0.335 e. The van der Waals surface area contributed by atoms with E-state index in [1.165, 1.54) is 0 Å². The van der Waals surface area contributed by atoms with Crippen molar-refractivity contribution in [2.45, 2.75) is 6.92 Å². The van der Waals surface area contributed by atoms with E-state index in [-0.39, 0.29) is 5.56 Å². The molecule has 2 aromatic rings. The molecule has 0 aliphatic rings. The van der Waals surface area contributed by atoms with Gasteiger partial charge in [0.1, 0.15) is 11.5 Å². The number of carboxylic acids is 1. The molecule has 0 heterocycles. The first-order chi connectivity index (χ1) is 9.56. The third kappa shape index (κ3) is 2.59. The fourth-order valence-electron chi connectivity index (χ4n) is 2.07. The van der Waals surface area contributed by atoms with Crippen molar-refractivity contribution in [1.82, 2.24) is 0 Å². The summed E-state index contributed by atoms with van der Waals surface area (Å²) in [6.45, 7) is 1.93. The van der Waals surface area contributed by atoms with E-state index in [9.17, 15) is 4.79 Å². The normalized spacial score (nSPS) is 10.2. The maximum absolute atomic E-state index is 11.1. The smallest absolute Gasteiger partial charge is 0.335 e. The first-order valence-corrected chi connectivity index (χ1v) is 6.13. The lowest BCUT2D eigenvalue weighted by molar-refractivity contribution is 0.0697. The highest BCUT2D eigenvalue weighted by Crippen LogP contribution is 2.35. The topological polar surface area (TPSA) is 55.8 Å². The van der Waals surface area contributed by atoms with Gasteiger partial charge < -0.3 is 14.6 Å². The van der Waals surface area contributed by atoms with E-state index in [0.717, 1.165) is 16.7 Å². The lowest BCUT2D eigenvalue weighted by Gasteiger charge is -2.13. The fraction of sp³-hybridized carbons (Fsp3) is 0.188. The van der Waals surface area contributed by atoms with E-state index in [0.29, 0.717) is 11.5 Å². The number of carboxylic acid groups (broad SMARTS) is 1. The third-order valence-corrected chi connectivity index (χ3v) is 3.18. The van der Waals surface area contributed by atoms with Crippen molar-refractivity contribution in [2.75, 3.05) is 14.2 Å². The Bertz CT molecular complexity index is 647. The Labute approximate surface area is 117 Å². The standard InChI is InChI=1S/C16H16O4/c1-10-4-5-11(16(17)18)8-13(10)14-9-12(19-2)6-7-15(14)20-3/h4-9H,1-3H3,(H,17,18). The molecule has 0 atom stereocenters. The average molecular weight is 272 g/mol. The van der Waals surface area contributed by atoms with E-state index in [1.54, 1.807) is 44.6 Å². The highest BCUT2D eigenvalue weighted by atomic mass is 16.5. The van der Waals surface area contributed by atoms with Crippen LogP contribution in [0.15, 0.2) is 36.4 Å². The molecule has 0 aliphatic carbocycles. The number of hydrogen-bond donors (Lipinski definition) is 1. The van der Waals surface area contributed by atoms with Crippen LogP contribution in [0.1, 0.15) is 15.9 Å². The number of methoxy groups -OCH3 is 2. The molecule has 20 heavy (non-hydrogen) atoms. The van der Waals surface area contributed by atoms with Gasteiger partial charge in [-0.15, -0.1) is 0 Å². The van der Waals surface area contributed by atoms with Gasteiger partial charge in [0.2, 0.25) is 0 Å². The number of carbonyl (C=O) groups is 1. The fourth-order valence-corrected chi connectivity index (χ4v) is 2.07. The lowest BCUT2D eigenvalue weighted by Crippen LogP contribution is -1.98. The van der Waals surface area contributed by atoms with Crippen LogP contribution in [0.5, 0.6) is 11.5 Å². The molecular formula is C16H16O4. The van der Waals surface area contributed by atoms with Crippen LogP contribution < -0.4 is 9.47 Å². The van der Waals surface area contributed by atoms with Crippen molar-refractivity contribution in [2.24, 2.45) is 0 Å². The van der Waals surface area contributed by atoms with Gasteiger partial charge in [0.15, 0.2) is 0 Å². The summed E-state index contributed by atoms with van der Waals surface area (Å²) in [6.07, 6.45) is 0. The Morgan fingerprint density at radius 2 is 1.75 bits per heavy atom. The van der Waals surface area contributed by atoms with E-state index in [2.05, 4.69) is 0 Å². The summed E-state index contributed by atoms with van der Waals surface area (Å²) >= 11 is 0. The molecule has 2 rings (SSSR count). The lowest BCUT2D eigenvalue weighted by atomic mass is 9.97. The van der Waals surface area contributed by atoms with E-state index < -0.39 is 5.97 Å². The number of benzene rings is 2. The zero-order chi connectivity index (χ0) is 14.7. The summed E-state index contributed by atoms with van der Waals surface area (Å²) in [6, 6.07) is 10.5. The highest BCUT2D eigenvalue weighted by molar-refractivity contribution is 5.90. The van der Waals surface area contributed by atoms with Crippen molar-refractivity contribution >= 4 is 5.97 Å². The van der Waals surface area contributed by atoms with Gasteiger partial charge in [-0.3, -0.25) is 0 Å². The second-order valence-electron chi connectivity index (χ2n) is 4.40. The van der Waals surface area contributed by atoms with Crippen LogP contribution in [-0.2, 0) is 0 Å². The highest BCUT2D eigenvalue weighted by Gasteiger charge is 2.13. The molecule has 0 aromatic heterocycles. The van der Waals surface area contributed by atoms with Crippen molar-refractivity contribution in [1.29, 1.82) is 0 Å². The Balaban J connectivity index is 2.65. The van der Waals surface area contributed by atoms with Gasteiger partial charge >= 0.3 is 5.97 Å². The molecule has 1 N–H and O–H groups in total. The molecule has 2 aromatic carbocycles. The third-order valence-electron chi connectivity index (χ3n) is 3.18. The summed E-state index contributed by atoms with van der Waals surface area (Å²) in [5.74, 6) is 0.422. The van der Waals surface area contributed by atoms with Crippen molar-refractivity contribution in [3.63, 3.8) is 0 Å². The van der Waals surface area contributed by atoms with Gasteiger partial charge in [-0.1, -0.05) is 6.07 Å². The monoisotopic (exact) mass is 272 g/mol. The number of hydrogen-bond acceptors (Lipinski definition) is 3. The number of rotatable bonds is 4. The van der Waals surface area contributed by atoms with Gasteiger partial charge in [0.05, 0.1) is 19.8 Å². The zero-order valence-corrected chi connectivity index (χ0v) is 11.6. The van der Waals surface area contributed by atoms with Gasteiger partial charge in [-0.2, -0.15) is 0 Å². The summed E-state index contributed by atoms with van der Waals surface area (Å²) in [7, 11) is 3.17. The number of aromatic carboxylic acids is 1. The average Bonchev–Trinajstić information content (AvgIpc) is 2.46. The van der Waals surface area contributed by atoms with E-state index in [1.807, 2.05) is 13.0 Å². The molecule has 0 aliphatic heterocycles. The second-order valence-corrected chi connectivity index (χ2v) is 4.40. The maximum atomic E-state index is 11.1. The number of ether oxygens (including phenoxy) is 2. The summed E-state index contributed by atoms with van der Waals surface area (Å²) in [5.41, 5.74) is 2.85. The van der Waals surface area contributed by atoms with Crippen LogP contribution in [0.4, 0.5) is 0 Å². The zero-order valence-electron chi connectivity index (χ0n) is 11.6. The molecule has 0 saturated carbocycles. The first-order valence-electron chi connectivity index (χ1n) is 6.13. The molecule has 0 spiro atoms. The Kier molecular flexibility index (Phi) is 3.94. The van der Waals surface area contributed by atoms with Crippen LogP contribution >= 0.6 is 0 Å². The van der Waals surface area contributed by atoms with E-state index in [4.69, 9.17) is 14.6 Å². The van der Waals surface area contributed by atoms with Crippen LogP contribution in [0, 0.1) is 6.92 Å². The molecule has 0 unspecified atom stereocenters. The largest absolute Gasteiger partial charge is 0.497 e. The van der Waals surface area contributed by atoms with Crippen molar-refractivity contribution < 1.29 is 19.4 Å². The van der Waals surface area contributed by atoms with E-state index >= 15 is 0 Å². The first kappa shape index (κ1) is 13.9. The minimum Gasteiger partial charge on any atom is -0.497 e. The summed E-state index contributed by atoms with van der Waals surface area (Å²) in [5, 5.41) is 9.12. The quantitative estimate of drug-likeness (QED) is 0.927. The molecule has 104 valence electrons. The molecule has 0 fully saturated rings. The molecular weight excluding hydrogens is 256 g/mol. The molecule has 0 amide bonds. The van der Waals surface area contributed by atoms with Gasteiger partial charge in [0.25, 0.3) is 0 Å². The molecule has 0 saturated heterocycles. The summed E-state index contributed by atoms with van der Waals surface area (Å²) < 4.78 is 10.6. The Hall–Kier alpha value is -2.49. The van der Waals surface area contributed by atoms with Crippen molar-refractivity contribution in [3.05, 3.63) is 47.5 Å². The van der Waals surface area contributed by atoms with Crippen LogP contribution in [0.25, 0.3) is 11.1 Å². The molecule has 4 nitrogen and oxygen atoms in total. The van der Waals surface area contributed by atoms with Gasteiger partial charge in [-0.25, -0.2) is 4.79 Å². The predicted molar refractivity (Wildman–Crippen MR) is 76.7 cm³/mol. The molecule has 0 radical (unpaired) electrons. The molecule has 0 bridgehead atoms. The Morgan fingerprint density at radius 3 is 2.35 bits per heavy atom. The Morgan fingerprint density at radius 1 is 1.00 bits per heavy atom. The van der Waals surface area contributed by atoms with Crippen LogP contribution in [0.3, 0.4) is 0 Å². The SMILES string of the molecule is COc1ccc(OC)c(-c2cc(C(=O)O)ccc2C)c1. The molecule has 4 heteroatoms. The number of aryl methyl sites for hydroxylation is 1. The van der Waals surface area contributed by atoms with Crippen LogP contribution in [-0.4, -0.2) is 25.3 Å².